The molecule has 5 heavy (non-hydrogen) atoms. The van der Waals surface area contributed by atoms with E-state index in [0.717, 1.165) is 0 Å². The normalized spacial score (nSPS) is 5.20. The molecule has 0 rings (SSSR count). The third kappa shape index (κ3) is 44.7. The minimum atomic E-state index is 0. The van der Waals surface area contributed by atoms with Crippen LogP contribution in [0.15, 0.2) is 0 Å². The Balaban J connectivity index is 0. The highest BCUT2D eigenvalue weighted by Gasteiger charge is 1.58. The van der Waals surface area contributed by atoms with E-state index < -0.39 is 0 Å². The van der Waals surface area contributed by atoms with Crippen molar-refractivity contribution in [2.24, 2.45) is 0 Å². The topological polar surface area (TPSA) is 0 Å². The summed E-state index contributed by atoms with van der Waals surface area (Å²) in [6, 6.07) is 0. The average Bonchev–Trinajstić information content (AvgIpc) is 0.811. The van der Waals surface area contributed by atoms with Gasteiger partial charge in [0, 0.05) is 0 Å². The van der Waals surface area contributed by atoms with Gasteiger partial charge >= 0.3 is 0 Å². The van der Waals surface area contributed by atoms with Crippen LogP contribution in [0.4, 0.5) is 0 Å². The second-order valence-corrected chi connectivity index (χ2v) is 2.54. The summed E-state index contributed by atoms with van der Waals surface area (Å²) in [7, 11) is 0. The lowest BCUT2D eigenvalue weighted by Gasteiger charge is -1.59. The Labute approximate surface area is 52.2 Å². The van der Waals surface area contributed by atoms with E-state index in [4.69, 9.17) is 0 Å². The van der Waals surface area contributed by atoms with Gasteiger partial charge < -0.3 is 0 Å². The Morgan fingerprint density at radius 3 is 1.40 bits per heavy atom. The molecule has 0 unspecified atom stereocenters. The molecule has 0 aliphatic rings. The standard InChI is InChI=1S/CH2S3.H4Si/c2-1(3)4;/h(H2,2,3,4);1H4. The lowest BCUT2D eigenvalue weighted by molar-refractivity contribution is 4.26. The highest BCUT2D eigenvalue weighted by molar-refractivity contribution is 8.34. The summed E-state index contributed by atoms with van der Waals surface area (Å²) in [5, 5.41) is 0. The SMILES string of the molecule is S=C(S)S.[SiH4]. The molecular formula is CH6S3Si. The highest BCUT2D eigenvalue weighted by Crippen LogP contribution is 1.83. The van der Waals surface area contributed by atoms with Gasteiger partial charge in [0.1, 0.15) is 0 Å². The van der Waals surface area contributed by atoms with E-state index in [1.54, 1.807) is 0 Å². The molecular weight excluding hydrogens is 136 g/mol. The number of thiocarbonyl (C=S) groups is 1. The second kappa shape index (κ2) is 5.01. The van der Waals surface area contributed by atoms with Crippen LogP contribution < -0.4 is 0 Å². The molecule has 0 aliphatic carbocycles. The van der Waals surface area contributed by atoms with Crippen LogP contribution in [0.25, 0.3) is 0 Å². The number of hydrogen-bond donors (Lipinski definition) is 2. The summed E-state index contributed by atoms with van der Waals surface area (Å²) in [6.07, 6.45) is 0. The van der Waals surface area contributed by atoms with Crippen molar-refractivity contribution in [3.8, 4) is 0 Å². The lowest BCUT2D eigenvalue weighted by Crippen LogP contribution is -1.46. The molecule has 0 nitrogen and oxygen atoms in total. The summed E-state index contributed by atoms with van der Waals surface area (Å²) >= 11 is 11.4. The van der Waals surface area contributed by atoms with E-state index in [1.165, 1.54) is 0 Å². The fourth-order valence-electron chi connectivity index (χ4n) is 0. The van der Waals surface area contributed by atoms with Gasteiger partial charge in [0.2, 0.25) is 0 Å². The average molecular weight is 142 g/mol. The van der Waals surface area contributed by atoms with E-state index in [9.17, 15) is 0 Å². The van der Waals surface area contributed by atoms with Gasteiger partial charge in [-0.05, 0) is 11.0 Å². The Bertz CT molecular complexity index is 29.9. The van der Waals surface area contributed by atoms with Gasteiger partial charge in [-0.15, -0.1) is 25.3 Å². The zero-order valence-electron chi connectivity index (χ0n) is 1.80. The molecule has 0 saturated carbocycles. The Morgan fingerprint density at radius 2 is 1.40 bits per heavy atom. The maximum atomic E-state index is 4.27. The fraction of sp³-hybridized carbons (Fsp3) is 0. The van der Waals surface area contributed by atoms with E-state index >= 15 is 0 Å². The van der Waals surface area contributed by atoms with Gasteiger partial charge in [-0.25, -0.2) is 0 Å². The summed E-state index contributed by atoms with van der Waals surface area (Å²) in [4.78, 5) is 0. The van der Waals surface area contributed by atoms with Crippen molar-refractivity contribution in [1.82, 2.24) is 0 Å². The van der Waals surface area contributed by atoms with Gasteiger partial charge in [-0.2, -0.15) is 0 Å². The van der Waals surface area contributed by atoms with E-state index in [0.29, 0.717) is 3.53 Å². The van der Waals surface area contributed by atoms with Gasteiger partial charge in [-0.3, -0.25) is 0 Å². The second-order valence-electron chi connectivity index (χ2n) is 0.283. The summed E-state index contributed by atoms with van der Waals surface area (Å²) in [6.45, 7) is 0. The molecule has 0 amide bonds. The first kappa shape index (κ1) is 9.38. The quantitative estimate of drug-likeness (QED) is 0.266. The van der Waals surface area contributed by atoms with Crippen molar-refractivity contribution in [2.45, 2.75) is 0 Å². The van der Waals surface area contributed by atoms with Gasteiger partial charge in [-0.1, -0.05) is 12.2 Å². The van der Waals surface area contributed by atoms with Crippen LogP contribution in [0.5, 0.6) is 0 Å². The largest absolute Gasteiger partial charge is 0.125 e. The Kier molecular flexibility index (Phi) is 9.39. The van der Waals surface area contributed by atoms with E-state index in [1.807, 2.05) is 0 Å². The molecule has 0 aromatic rings. The molecule has 0 aliphatic heterocycles. The Hall–Kier alpha value is 1.01. The number of thiol groups is 2. The maximum Gasteiger partial charge on any atom is 0.0976 e. The maximum absolute atomic E-state index is 4.27. The van der Waals surface area contributed by atoms with Crippen LogP contribution in [-0.4, -0.2) is 14.5 Å². The minimum Gasteiger partial charge on any atom is -0.125 e. The smallest absolute Gasteiger partial charge is 0.0976 e. The molecule has 0 saturated heterocycles. The molecule has 0 aromatic heterocycles. The first-order valence-corrected chi connectivity index (χ1v) is 1.95. The fourth-order valence-corrected chi connectivity index (χ4v) is 0. The first-order chi connectivity index (χ1) is 1.73. The molecule has 0 spiro atoms. The number of hydrogen-bond acceptors (Lipinski definition) is 1. The van der Waals surface area contributed by atoms with Crippen molar-refractivity contribution < 1.29 is 0 Å². The molecule has 0 bridgehead atoms. The molecule has 4 heteroatoms. The highest BCUT2D eigenvalue weighted by atomic mass is 32.2. The van der Waals surface area contributed by atoms with Gasteiger partial charge in [0.15, 0.2) is 0 Å². The summed E-state index contributed by atoms with van der Waals surface area (Å²) < 4.78 is 0.389. The van der Waals surface area contributed by atoms with Crippen molar-refractivity contribution >= 4 is 52.0 Å². The van der Waals surface area contributed by atoms with E-state index in [2.05, 4.69) is 37.5 Å². The van der Waals surface area contributed by atoms with E-state index in [-0.39, 0.29) is 11.0 Å². The molecule has 0 radical (unpaired) electrons. The molecule has 0 heterocycles. The molecule has 32 valence electrons. The van der Waals surface area contributed by atoms with Crippen LogP contribution in [0, 0.1) is 0 Å². The zero-order valence-corrected chi connectivity index (χ0v) is 4.41. The number of rotatable bonds is 0. The van der Waals surface area contributed by atoms with Crippen LogP contribution in [-0.2, 0) is 0 Å². The molecule has 0 N–H and O–H groups in total. The Morgan fingerprint density at radius 1 is 1.40 bits per heavy atom. The van der Waals surface area contributed by atoms with Crippen LogP contribution in [0.3, 0.4) is 0 Å². The van der Waals surface area contributed by atoms with Crippen molar-refractivity contribution in [2.75, 3.05) is 0 Å². The van der Waals surface area contributed by atoms with Crippen LogP contribution in [0.2, 0.25) is 0 Å². The predicted octanol–water partition coefficient (Wildman–Crippen LogP) is -0.321. The minimum absolute atomic E-state index is 0. The van der Waals surface area contributed by atoms with Crippen LogP contribution >= 0.6 is 37.5 Å². The molecule has 0 atom stereocenters. The third-order valence-electron chi connectivity index (χ3n) is 0. The summed E-state index contributed by atoms with van der Waals surface area (Å²) in [5.74, 6) is 0. The summed E-state index contributed by atoms with van der Waals surface area (Å²) in [5.41, 5.74) is 0. The lowest BCUT2D eigenvalue weighted by atomic mass is 11.9. The zero-order chi connectivity index (χ0) is 3.58. The first-order valence-electron chi connectivity index (χ1n) is 0.651. The molecule has 0 aromatic carbocycles. The van der Waals surface area contributed by atoms with Crippen molar-refractivity contribution in [1.29, 1.82) is 0 Å². The monoisotopic (exact) mass is 142 g/mol. The molecule has 0 fully saturated rings. The van der Waals surface area contributed by atoms with Gasteiger partial charge in [0.25, 0.3) is 0 Å². The van der Waals surface area contributed by atoms with Crippen molar-refractivity contribution in [3.05, 3.63) is 0 Å². The van der Waals surface area contributed by atoms with Crippen molar-refractivity contribution in [3.63, 3.8) is 0 Å². The van der Waals surface area contributed by atoms with Gasteiger partial charge in [0.05, 0.1) is 3.53 Å². The third-order valence-corrected chi connectivity index (χ3v) is 0. The predicted molar refractivity (Wildman–Crippen MR) is 41.9 cm³/mol. The van der Waals surface area contributed by atoms with Crippen LogP contribution in [0.1, 0.15) is 0 Å².